The molecule has 0 saturated carbocycles. The van der Waals surface area contributed by atoms with E-state index < -0.39 is 5.97 Å². The Hall–Kier alpha value is -1.84. The van der Waals surface area contributed by atoms with Gasteiger partial charge in [0.1, 0.15) is 6.54 Å². The van der Waals surface area contributed by atoms with E-state index in [1.807, 2.05) is 13.8 Å². The number of rotatable bonds is 5. The summed E-state index contributed by atoms with van der Waals surface area (Å²) in [4.78, 5) is 26.3. The Bertz CT molecular complexity index is 555. The Morgan fingerprint density at radius 1 is 1.48 bits per heavy atom. The lowest BCUT2D eigenvalue weighted by atomic mass is 10.2. The van der Waals surface area contributed by atoms with Gasteiger partial charge in [0.25, 0.3) is 5.91 Å². The van der Waals surface area contributed by atoms with Crippen LogP contribution in [0.2, 0.25) is 0 Å². The zero-order chi connectivity index (χ0) is 15.8. The van der Waals surface area contributed by atoms with E-state index in [0.29, 0.717) is 12.2 Å². The van der Waals surface area contributed by atoms with Crippen LogP contribution in [0, 0.1) is 11.8 Å². The van der Waals surface area contributed by atoms with Crippen LogP contribution in [0.4, 0.5) is 0 Å². The minimum atomic E-state index is -0.405. The molecule has 0 aliphatic rings. The van der Waals surface area contributed by atoms with Gasteiger partial charge in [-0.05, 0) is 26.8 Å². The Balaban J connectivity index is 2.85. The standard InChI is InChI=1S/C15H20N2O3S/c1-4-20-14(18)9-17(11(2)3)15(19)12-8-13(21-10-12)6-5-7-16/h8,10-11H,4,7,9,16H2,1-3H3. The van der Waals surface area contributed by atoms with Gasteiger partial charge in [0, 0.05) is 11.4 Å². The number of amides is 1. The molecule has 5 nitrogen and oxygen atoms in total. The maximum atomic E-state index is 12.5. The van der Waals surface area contributed by atoms with Gasteiger partial charge in [-0.25, -0.2) is 0 Å². The predicted molar refractivity (Wildman–Crippen MR) is 83.1 cm³/mol. The molecule has 0 bridgehead atoms. The summed E-state index contributed by atoms with van der Waals surface area (Å²) in [5.41, 5.74) is 5.85. The molecule has 1 amide bonds. The number of hydrogen-bond donors (Lipinski definition) is 1. The second-order valence-electron chi connectivity index (χ2n) is 4.54. The molecule has 0 aliphatic carbocycles. The van der Waals surface area contributed by atoms with Crippen molar-refractivity contribution in [1.29, 1.82) is 0 Å². The van der Waals surface area contributed by atoms with E-state index >= 15 is 0 Å². The summed E-state index contributed by atoms with van der Waals surface area (Å²) in [6.45, 7) is 5.99. The zero-order valence-electron chi connectivity index (χ0n) is 12.5. The number of thiophene rings is 1. The fourth-order valence-corrected chi connectivity index (χ4v) is 2.40. The lowest BCUT2D eigenvalue weighted by Crippen LogP contribution is -2.41. The molecule has 1 rings (SSSR count). The first-order chi connectivity index (χ1) is 9.99. The Morgan fingerprint density at radius 3 is 2.76 bits per heavy atom. The molecule has 6 heteroatoms. The first-order valence-corrected chi connectivity index (χ1v) is 7.61. The van der Waals surface area contributed by atoms with Crippen molar-refractivity contribution in [1.82, 2.24) is 4.90 Å². The zero-order valence-corrected chi connectivity index (χ0v) is 13.3. The average Bonchev–Trinajstić information content (AvgIpc) is 2.90. The maximum absolute atomic E-state index is 12.5. The summed E-state index contributed by atoms with van der Waals surface area (Å²) in [6, 6.07) is 1.62. The van der Waals surface area contributed by atoms with Crippen LogP contribution in [0.5, 0.6) is 0 Å². The summed E-state index contributed by atoms with van der Waals surface area (Å²) in [5, 5.41) is 1.74. The van der Waals surface area contributed by atoms with E-state index in [1.54, 1.807) is 18.4 Å². The summed E-state index contributed by atoms with van der Waals surface area (Å²) in [5.74, 6) is 5.03. The first-order valence-electron chi connectivity index (χ1n) is 6.73. The molecule has 21 heavy (non-hydrogen) atoms. The molecule has 2 N–H and O–H groups in total. The van der Waals surface area contributed by atoms with Crippen molar-refractivity contribution in [3.63, 3.8) is 0 Å². The van der Waals surface area contributed by atoms with Crippen molar-refractivity contribution < 1.29 is 14.3 Å². The molecule has 0 aromatic carbocycles. The molecule has 0 fully saturated rings. The highest BCUT2D eigenvalue weighted by molar-refractivity contribution is 7.10. The van der Waals surface area contributed by atoms with Crippen LogP contribution in [-0.4, -0.2) is 42.5 Å². The number of hydrogen-bond acceptors (Lipinski definition) is 5. The summed E-state index contributed by atoms with van der Waals surface area (Å²) in [6.07, 6.45) is 0. The molecule has 0 saturated heterocycles. The average molecular weight is 308 g/mol. The van der Waals surface area contributed by atoms with Gasteiger partial charge >= 0.3 is 5.97 Å². The Labute approximate surface area is 129 Å². The van der Waals surface area contributed by atoms with Crippen LogP contribution in [0.15, 0.2) is 11.4 Å². The predicted octanol–water partition coefficient (Wildman–Crippen LogP) is 1.47. The van der Waals surface area contributed by atoms with Gasteiger partial charge in [-0.3, -0.25) is 9.59 Å². The quantitative estimate of drug-likeness (QED) is 0.660. The topological polar surface area (TPSA) is 72.6 Å². The van der Waals surface area contributed by atoms with Crippen molar-refractivity contribution in [2.24, 2.45) is 5.73 Å². The molecule has 0 radical (unpaired) electrons. The van der Waals surface area contributed by atoms with E-state index in [4.69, 9.17) is 10.5 Å². The third kappa shape index (κ3) is 5.21. The number of ether oxygens (including phenoxy) is 1. The molecule has 0 spiro atoms. The summed E-state index contributed by atoms with van der Waals surface area (Å²) >= 11 is 1.38. The Kier molecular flexibility index (Phi) is 6.92. The van der Waals surface area contributed by atoms with E-state index in [2.05, 4.69) is 11.8 Å². The van der Waals surface area contributed by atoms with Crippen molar-refractivity contribution in [2.75, 3.05) is 19.7 Å². The van der Waals surface area contributed by atoms with Crippen molar-refractivity contribution >= 4 is 23.2 Å². The van der Waals surface area contributed by atoms with Gasteiger partial charge in [0.2, 0.25) is 0 Å². The van der Waals surface area contributed by atoms with Crippen LogP contribution >= 0.6 is 11.3 Å². The fourth-order valence-electron chi connectivity index (χ4n) is 1.65. The fraction of sp³-hybridized carbons (Fsp3) is 0.467. The van der Waals surface area contributed by atoms with Gasteiger partial charge in [0.15, 0.2) is 0 Å². The first kappa shape index (κ1) is 17.2. The maximum Gasteiger partial charge on any atom is 0.325 e. The van der Waals surface area contributed by atoms with Gasteiger partial charge in [-0.15, -0.1) is 11.3 Å². The number of nitrogens with zero attached hydrogens (tertiary/aromatic N) is 1. The minimum Gasteiger partial charge on any atom is -0.465 e. The van der Waals surface area contributed by atoms with Gasteiger partial charge in [-0.2, -0.15) is 0 Å². The van der Waals surface area contributed by atoms with Crippen LogP contribution < -0.4 is 5.73 Å². The highest BCUT2D eigenvalue weighted by Gasteiger charge is 2.22. The van der Waals surface area contributed by atoms with E-state index in [-0.39, 0.29) is 25.0 Å². The molecule has 114 valence electrons. The lowest BCUT2D eigenvalue weighted by Gasteiger charge is -2.25. The molecule has 1 aromatic rings. The smallest absolute Gasteiger partial charge is 0.325 e. The van der Waals surface area contributed by atoms with Crippen molar-refractivity contribution in [3.05, 3.63) is 21.9 Å². The van der Waals surface area contributed by atoms with E-state index in [0.717, 1.165) is 4.88 Å². The minimum absolute atomic E-state index is 0.0516. The van der Waals surface area contributed by atoms with Gasteiger partial charge < -0.3 is 15.4 Å². The third-order valence-electron chi connectivity index (χ3n) is 2.65. The van der Waals surface area contributed by atoms with Crippen LogP contribution in [0.25, 0.3) is 0 Å². The molecule has 0 aliphatic heterocycles. The SMILES string of the molecule is CCOC(=O)CN(C(=O)c1csc(C#CCN)c1)C(C)C. The molecule has 1 aromatic heterocycles. The molecular formula is C15H20N2O3S. The van der Waals surface area contributed by atoms with E-state index in [9.17, 15) is 9.59 Å². The van der Waals surface area contributed by atoms with Crippen LogP contribution in [-0.2, 0) is 9.53 Å². The van der Waals surface area contributed by atoms with Gasteiger partial charge in [-0.1, -0.05) is 11.8 Å². The van der Waals surface area contributed by atoms with Crippen molar-refractivity contribution in [3.8, 4) is 11.8 Å². The van der Waals surface area contributed by atoms with E-state index in [1.165, 1.54) is 16.2 Å². The summed E-state index contributed by atoms with van der Waals surface area (Å²) < 4.78 is 4.90. The molecule has 0 unspecified atom stereocenters. The number of nitrogens with two attached hydrogens (primary N) is 1. The third-order valence-corrected chi connectivity index (χ3v) is 3.49. The second kappa shape index (κ2) is 8.45. The number of carbonyl (C=O) groups is 2. The lowest BCUT2D eigenvalue weighted by molar-refractivity contribution is -0.144. The second-order valence-corrected chi connectivity index (χ2v) is 5.45. The highest BCUT2D eigenvalue weighted by atomic mass is 32.1. The largest absolute Gasteiger partial charge is 0.465 e. The summed E-state index contributed by atoms with van der Waals surface area (Å²) in [7, 11) is 0. The van der Waals surface area contributed by atoms with Crippen LogP contribution in [0.3, 0.4) is 0 Å². The normalized spacial score (nSPS) is 9.95. The van der Waals surface area contributed by atoms with Gasteiger partial charge in [0.05, 0.1) is 23.6 Å². The van der Waals surface area contributed by atoms with Crippen molar-refractivity contribution in [2.45, 2.75) is 26.8 Å². The number of esters is 1. The Morgan fingerprint density at radius 2 is 2.19 bits per heavy atom. The highest BCUT2D eigenvalue weighted by Crippen LogP contribution is 2.17. The number of carbonyl (C=O) groups excluding carboxylic acids is 2. The molecular weight excluding hydrogens is 288 g/mol. The molecule has 0 atom stereocenters. The monoisotopic (exact) mass is 308 g/mol. The molecule has 1 heterocycles. The van der Waals surface area contributed by atoms with Crippen LogP contribution in [0.1, 0.15) is 36.0 Å².